The summed E-state index contributed by atoms with van der Waals surface area (Å²) in [5, 5.41) is 0. The zero-order valence-corrected chi connectivity index (χ0v) is 30.7. The van der Waals surface area contributed by atoms with Crippen LogP contribution in [0.5, 0.6) is 0 Å². The van der Waals surface area contributed by atoms with Crippen LogP contribution in [0.4, 0.5) is 0 Å². The van der Waals surface area contributed by atoms with Gasteiger partial charge in [-0.15, -0.1) is 0 Å². The second-order valence-corrected chi connectivity index (χ2v) is 16.8. The summed E-state index contributed by atoms with van der Waals surface area (Å²) < 4.78 is 0. The van der Waals surface area contributed by atoms with Crippen LogP contribution in [0, 0.1) is 19.3 Å². The highest BCUT2D eigenvalue weighted by molar-refractivity contribution is 5.83. The summed E-state index contributed by atoms with van der Waals surface area (Å²) in [4.78, 5) is 0. The van der Waals surface area contributed by atoms with Crippen LogP contribution in [0.15, 0.2) is 108 Å². The summed E-state index contributed by atoms with van der Waals surface area (Å²) in [6.07, 6.45) is 9.64. The molecule has 0 radical (unpaired) electrons. The zero-order chi connectivity index (χ0) is 33.9. The number of allylic oxidation sites excluding steroid dienone is 5. The van der Waals surface area contributed by atoms with E-state index in [0.29, 0.717) is 5.92 Å². The second-order valence-electron chi connectivity index (χ2n) is 16.8. The topological polar surface area (TPSA) is 0 Å². The lowest BCUT2D eigenvalue weighted by Crippen LogP contribution is -2.15. The van der Waals surface area contributed by atoms with E-state index in [0.717, 1.165) is 12.8 Å². The first-order valence-electron chi connectivity index (χ1n) is 17.7. The van der Waals surface area contributed by atoms with E-state index >= 15 is 0 Å². The maximum Gasteiger partial charge on any atom is 0.0240 e. The Bertz CT molecular complexity index is 1850. The van der Waals surface area contributed by atoms with E-state index in [1.807, 2.05) is 0 Å². The van der Waals surface area contributed by atoms with Gasteiger partial charge in [-0.2, -0.15) is 0 Å². The first kappa shape index (κ1) is 33.0. The third-order valence-electron chi connectivity index (χ3n) is 10.6. The van der Waals surface area contributed by atoms with Crippen molar-refractivity contribution in [3.8, 4) is 11.1 Å². The molecule has 4 aromatic rings. The Morgan fingerprint density at radius 3 is 1.79 bits per heavy atom. The van der Waals surface area contributed by atoms with Crippen molar-refractivity contribution in [1.29, 1.82) is 0 Å². The Morgan fingerprint density at radius 2 is 1.26 bits per heavy atom. The van der Waals surface area contributed by atoms with Crippen LogP contribution in [0.1, 0.15) is 125 Å². The molecule has 1 unspecified atom stereocenters. The summed E-state index contributed by atoms with van der Waals surface area (Å²) in [5.41, 5.74) is 19.6. The molecule has 242 valence electrons. The normalized spacial score (nSPS) is 16.0. The Morgan fingerprint density at radius 1 is 0.681 bits per heavy atom. The van der Waals surface area contributed by atoms with Crippen molar-refractivity contribution in [3.05, 3.63) is 158 Å². The van der Waals surface area contributed by atoms with Gasteiger partial charge in [0.2, 0.25) is 0 Å². The van der Waals surface area contributed by atoms with Crippen molar-refractivity contribution in [1.82, 2.24) is 0 Å². The number of hydrogen-bond donors (Lipinski definition) is 0. The maximum atomic E-state index is 2.57. The number of fused-ring (bicyclic) bond motifs is 3. The molecule has 2 aliphatic rings. The Labute approximate surface area is 285 Å². The summed E-state index contributed by atoms with van der Waals surface area (Å²) in [5.74, 6) is 0.352. The third-order valence-corrected chi connectivity index (χ3v) is 10.6. The summed E-state index contributed by atoms with van der Waals surface area (Å²) in [6.45, 7) is 25.5. The minimum absolute atomic E-state index is 0.0639. The zero-order valence-electron chi connectivity index (χ0n) is 30.7. The average molecular weight is 619 g/mol. The highest BCUT2D eigenvalue weighted by atomic mass is 14.4. The molecule has 6 rings (SSSR count). The van der Waals surface area contributed by atoms with E-state index in [9.17, 15) is 0 Å². The van der Waals surface area contributed by atoms with E-state index in [2.05, 4.69) is 173 Å². The van der Waals surface area contributed by atoms with Crippen LogP contribution in [0.3, 0.4) is 0 Å². The monoisotopic (exact) mass is 618 g/mol. The van der Waals surface area contributed by atoms with Crippen molar-refractivity contribution in [2.24, 2.45) is 5.41 Å². The molecular formula is C47H54. The van der Waals surface area contributed by atoms with Crippen molar-refractivity contribution < 1.29 is 0 Å². The highest BCUT2D eigenvalue weighted by Gasteiger charge is 2.33. The van der Waals surface area contributed by atoms with Gasteiger partial charge in [-0.05, 0) is 105 Å². The largest absolute Gasteiger partial charge is 0.0692 e. The third kappa shape index (κ3) is 6.49. The van der Waals surface area contributed by atoms with Crippen molar-refractivity contribution in [3.63, 3.8) is 0 Å². The quantitative estimate of drug-likeness (QED) is 0.178. The second kappa shape index (κ2) is 12.0. The lowest BCUT2D eigenvalue weighted by atomic mass is 9.78. The molecule has 2 aliphatic carbocycles. The highest BCUT2D eigenvalue weighted by Crippen LogP contribution is 2.49. The molecule has 4 aromatic carbocycles. The van der Waals surface area contributed by atoms with E-state index in [1.165, 1.54) is 72.3 Å². The van der Waals surface area contributed by atoms with Gasteiger partial charge in [-0.1, -0.05) is 170 Å². The van der Waals surface area contributed by atoms with Crippen molar-refractivity contribution in [2.45, 2.75) is 106 Å². The molecule has 0 saturated heterocycles. The van der Waals surface area contributed by atoms with Gasteiger partial charge >= 0.3 is 0 Å². The van der Waals surface area contributed by atoms with Gasteiger partial charge in [0.15, 0.2) is 0 Å². The van der Waals surface area contributed by atoms with Crippen molar-refractivity contribution in [2.75, 3.05) is 0 Å². The van der Waals surface area contributed by atoms with Gasteiger partial charge in [0, 0.05) is 11.3 Å². The van der Waals surface area contributed by atoms with Gasteiger partial charge in [0.05, 0.1) is 0 Å². The Balaban J connectivity index is 1.48. The fourth-order valence-corrected chi connectivity index (χ4v) is 7.36. The van der Waals surface area contributed by atoms with Crippen LogP contribution in [0.25, 0.3) is 16.7 Å². The van der Waals surface area contributed by atoms with Crippen LogP contribution in [0.2, 0.25) is 0 Å². The van der Waals surface area contributed by atoms with Gasteiger partial charge < -0.3 is 0 Å². The smallest absolute Gasteiger partial charge is 0.0240 e. The van der Waals surface area contributed by atoms with E-state index in [-0.39, 0.29) is 16.2 Å². The molecule has 0 fully saturated rings. The molecule has 47 heavy (non-hydrogen) atoms. The molecule has 1 atom stereocenters. The standard InChI is InChI=1S/C47H54/c1-12-32-23-37(45(4,5)6)26-39(32)42-27-38(46(7,8)9)28-43-40-25-36(22-21-35(40)24-41(42)43)47(10,11)29-44(33-17-13-30(2)14-18-33)34-19-15-31(3)16-20-34/h13-23,25-29,39H,12,24H2,1-11H3. The first-order chi connectivity index (χ1) is 22.0. The summed E-state index contributed by atoms with van der Waals surface area (Å²) in [6, 6.07) is 30.4. The maximum absolute atomic E-state index is 2.57. The van der Waals surface area contributed by atoms with Crippen molar-refractivity contribution >= 4 is 5.57 Å². The molecule has 0 aliphatic heterocycles. The molecule has 0 bridgehead atoms. The van der Waals surface area contributed by atoms with E-state index in [1.54, 1.807) is 5.57 Å². The molecule has 0 nitrogen and oxygen atoms in total. The Hall–Kier alpha value is -3.90. The predicted molar refractivity (Wildman–Crippen MR) is 204 cm³/mol. The number of aryl methyl sites for hydroxylation is 2. The lowest BCUT2D eigenvalue weighted by Gasteiger charge is -2.26. The SMILES string of the molecule is CCC1=CC(C(C)(C)C)=CC1c1cc(C(C)(C)C)cc2c1Cc1ccc(C(C)(C)C=C(c3ccc(C)cc3)c3ccc(C)cc3)cc1-2. The van der Waals surface area contributed by atoms with Crippen LogP contribution in [-0.4, -0.2) is 0 Å². The minimum Gasteiger partial charge on any atom is -0.0692 e. The summed E-state index contributed by atoms with van der Waals surface area (Å²) >= 11 is 0. The van der Waals surface area contributed by atoms with Crippen LogP contribution >= 0.6 is 0 Å². The predicted octanol–water partition coefficient (Wildman–Crippen LogP) is 13.0. The summed E-state index contributed by atoms with van der Waals surface area (Å²) in [7, 11) is 0. The molecule has 0 aromatic heterocycles. The first-order valence-corrected chi connectivity index (χ1v) is 17.7. The molecule has 0 N–H and O–H groups in total. The lowest BCUT2D eigenvalue weighted by molar-refractivity contribution is 0.517. The fraction of sp³-hybridized carbons (Fsp3) is 0.362. The Kier molecular flexibility index (Phi) is 8.40. The average Bonchev–Trinajstić information content (AvgIpc) is 3.62. The molecule has 0 saturated carbocycles. The molecule has 0 spiro atoms. The van der Waals surface area contributed by atoms with Crippen LogP contribution in [-0.2, 0) is 17.3 Å². The van der Waals surface area contributed by atoms with E-state index in [4.69, 9.17) is 0 Å². The van der Waals surface area contributed by atoms with Gasteiger partial charge in [-0.25, -0.2) is 0 Å². The van der Waals surface area contributed by atoms with Crippen LogP contribution < -0.4 is 0 Å². The van der Waals surface area contributed by atoms with Gasteiger partial charge in [-0.3, -0.25) is 0 Å². The molecule has 0 amide bonds. The van der Waals surface area contributed by atoms with E-state index < -0.39 is 0 Å². The molecule has 0 heteroatoms. The number of hydrogen-bond acceptors (Lipinski definition) is 0. The molecular weight excluding hydrogens is 565 g/mol. The fourth-order valence-electron chi connectivity index (χ4n) is 7.36. The minimum atomic E-state index is -0.179. The van der Waals surface area contributed by atoms with Gasteiger partial charge in [0.25, 0.3) is 0 Å². The molecule has 0 heterocycles. The number of benzene rings is 4. The number of rotatable bonds is 6. The van der Waals surface area contributed by atoms with Gasteiger partial charge in [0.1, 0.15) is 0 Å².